The minimum atomic E-state index is 0.112. The molecule has 2 aliphatic rings. The summed E-state index contributed by atoms with van der Waals surface area (Å²) in [5, 5.41) is 10.8. The number of Topliss-reactive ketones (excluding diaryl/α,β-unsaturated/α-hetero) is 1. The van der Waals surface area contributed by atoms with E-state index in [0.717, 1.165) is 44.5 Å². The molecule has 0 radical (unpaired) electrons. The molecule has 3 rings (SSSR count). The van der Waals surface area contributed by atoms with Gasteiger partial charge in [-0.05, 0) is 61.1 Å². The number of ketones is 1. The van der Waals surface area contributed by atoms with Gasteiger partial charge in [0.25, 0.3) is 0 Å². The molecule has 1 aromatic rings. The molecule has 0 aromatic heterocycles. The second-order valence-corrected chi connectivity index (χ2v) is 7.65. The van der Waals surface area contributed by atoms with Crippen LogP contribution < -0.4 is 0 Å². The zero-order valence-electron chi connectivity index (χ0n) is 15.7. The molecule has 2 atom stereocenters. The van der Waals surface area contributed by atoms with Gasteiger partial charge in [0.05, 0.1) is 5.57 Å². The van der Waals surface area contributed by atoms with Crippen molar-refractivity contribution in [2.45, 2.75) is 59.3 Å². The van der Waals surface area contributed by atoms with Gasteiger partial charge in [-0.25, -0.2) is 0 Å². The molecule has 0 saturated carbocycles. The van der Waals surface area contributed by atoms with E-state index in [1.807, 2.05) is 0 Å². The van der Waals surface area contributed by atoms with Crippen LogP contribution in [-0.4, -0.2) is 24.1 Å². The molecule has 0 bridgehead atoms. The number of aliphatic hydroxyl groups excluding tert-OH is 1. The van der Waals surface area contributed by atoms with E-state index in [0.29, 0.717) is 30.1 Å². The molecule has 0 spiro atoms. The fourth-order valence-electron chi connectivity index (χ4n) is 4.48. The van der Waals surface area contributed by atoms with Gasteiger partial charge in [-0.2, -0.15) is 0 Å². The standard InChI is InChI=1S/C22H30O3/c1-4-17-8-14(3)9-18(5-2)21(17)22-19(23)11-16(12-20(22)24)10-15-6-7-25-13-15/h8-9,15-16,23H,4-7,10-13H2,1-3H3. The van der Waals surface area contributed by atoms with E-state index < -0.39 is 0 Å². The van der Waals surface area contributed by atoms with Crippen LogP contribution in [0.3, 0.4) is 0 Å². The molecule has 1 saturated heterocycles. The average Bonchev–Trinajstić information content (AvgIpc) is 3.07. The highest BCUT2D eigenvalue weighted by Gasteiger charge is 2.32. The van der Waals surface area contributed by atoms with E-state index in [9.17, 15) is 9.90 Å². The Kier molecular flexibility index (Phi) is 5.63. The van der Waals surface area contributed by atoms with Crippen LogP contribution in [0.15, 0.2) is 17.9 Å². The second-order valence-electron chi connectivity index (χ2n) is 7.65. The van der Waals surface area contributed by atoms with Crippen molar-refractivity contribution < 1.29 is 14.6 Å². The van der Waals surface area contributed by atoms with Crippen molar-refractivity contribution in [2.24, 2.45) is 11.8 Å². The summed E-state index contributed by atoms with van der Waals surface area (Å²) in [7, 11) is 0. The van der Waals surface area contributed by atoms with Gasteiger partial charge < -0.3 is 9.84 Å². The summed E-state index contributed by atoms with van der Waals surface area (Å²) in [6.45, 7) is 7.97. The Morgan fingerprint density at radius 1 is 1.12 bits per heavy atom. The Balaban J connectivity index is 1.93. The minimum Gasteiger partial charge on any atom is -0.512 e. The Labute approximate surface area is 151 Å². The number of benzene rings is 1. The molecule has 0 amide bonds. The van der Waals surface area contributed by atoms with E-state index in [1.54, 1.807) is 0 Å². The fourth-order valence-corrected chi connectivity index (χ4v) is 4.48. The predicted molar refractivity (Wildman–Crippen MR) is 101 cm³/mol. The third kappa shape index (κ3) is 3.82. The average molecular weight is 342 g/mol. The van der Waals surface area contributed by atoms with Crippen LogP contribution >= 0.6 is 0 Å². The van der Waals surface area contributed by atoms with Crippen LogP contribution in [0.1, 0.15) is 61.8 Å². The quantitative estimate of drug-likeness (QED) is 0.836. The number of hydrogen-bond acceptors (Lipinski definition) is 3. The number of hydrogen-bond donors (Lipinski definition) is 1. The fraction of sp³-hybridized carbons (Fsp3) is 0.591. The van der Waals surface area contributed by atoms with Crippen LogP contribution in [0.2, 0.25) is 0 Å². The molecular formula is C22H30O3. The van der Waals surface area contributed by atoms with Crippen LogP contribution in [-0.2, 0) is 22.4 Å². The summed E-state index contributed by atoms with van der Waals surface area (Å²) in [5.74, 6) is 1.21. The molecular weight excluding hydrogens is 312 g/mol. The molecule has 2 unspecified atom stereocenters. The molecule has 25 heavy (non-hydrogen) atoms. The van der Waals surface area contributed by atoms with Crippen molar-refractivity contribution in [3.05, 3.63) is 40.1 Å². The number of aryl methyl sites for hydroxylation is 3. The SMILES string of the molecule is CCc1cc(C)cc(CC)c1C1=C(O)CC(CC2CCOC2)CC1=O. The Hall–Kier alpha value is -1.61. The molecule has 3 heteroatoms. The first-order valence-corrected chi connectivity index (χ1v) is 9.69. The maximum Gasteiger partial charge on any atom is 0.167 e. The van der Waals surface area contributed by atoms with E-state index in [4.69, 9.17) is 4.74 Å². The summed E-state index contributed by atoms with van der Waals surface area (Å²) in [5.41, 5.74) is 5.16. The Morgan fingerprint density at radius 2 is 1.80 bits per heavy atom. The molecule has 1 aliphatic heterocycles. The van der Waals surface area contributed by atoms with Crippen LogP contribution in [0.4, 0.5) is 0 Å². The highest BCUT2D eigenvalue weighted by Crippen LogP contribution is 2.39. The Bertz CT molecular complexity index is 656. The second kappa shape index (κ2) is 7.74. The third-order valence-electron chi connectivity index (χ3n) is 5.67. The summed E-state index contributed by atoms with van der Waals surface area (Å²) in [6.07, 6.45) is 4.99. The smallest absolute Gasteiger partial charge is 0.167 e. The zero-order chi connectivity index (χ0) is 18.0. The van der Waals surface area contributed by atoms with Gasteiger partial charge in [0.15, 0.2) is 5.78 Å². The van der Waals surface area contributed by atoms with Crippen molar-refractivity contribution in [2.75, 3.05) is 13.2 Å². The van der Waals surface area contributed by atoms with Crippen molar-refractivity contribution in [3.63, 3.8) is 0 Å². The number of carbonyl (C=O) groups excluding carboxylic acids is 1. The summed E-state index contributed by atoms with van der Waals surface area (Å²) in [6, 6.07) is 4.31. The largest absolute Gasteiger partial charge is 0.512 e. The molecule has 1 aliphatic carbocycles. The first-order chi connectivity index (χ1) is 12.0. The van der Waals surface area contributed by atoms with Gasteiger partial charge in [0, 0.05) is 26.1 Å². The molecule has 1 N–H and O–H groups in total. The van der Waals surface area contributed by atoms with E-state index in [-0.39, 0.29) is 11.7 Å². The third-order valence-corrected chi connectivity index (χ3v) is 5.67. The first-order valence-electron chi connectivity index (χ1n) is 9.69. The van der Waals surface area contributed by atoms with Crippen LogP contribution in [0, 0.1) is 18.8 Å². The van der Waals surface area contributed by atoms with Crippen molar-refractivity contribution in [3.8, 4) is 0 Å². The van der Waals surface area contributed by atoms with Gasteiger partial charge in [-0.15, -0.1) is 0 Å². The molecule has 3 nitrogen and oxygen atoms in total. The van der Waals surface area contributed by atoms with Gasteiger partial charge in [-0.1, -0.05) is 31.5 Å². The molecule has 136 valence electrons. The number of rotatable bonds is 5. The number of allylic oxidation sites excluding steroid dienone is 2. The minimum absolute atomic E-state index is 0.112. The molecule has 1 aromatic carbocycles. The van der Waals surface area contributed by atoms with E-state index >= 15 is 0 Å². The van der Waals surface area contributed by atoms with Crippen molar-refractivity contribution in [1.82, 2.24) is 0 Å². The zero-order valence-corrected chi connectivity index (χ0v) is 15.7. The highest BCUT2D eigenvalue weighted by atomic mass is 16.5. The predicted octanol–water partition coefficient (Wildman–Crippen LogP) is 4.79. The lowest BCUT2D eigenvalue weighted by atomic mass is 9.77. The van der Waals surface area contributed by atoms with Gasteiger partial charge in [0.1, 0.15) is 5.76 Å². The lowest BCUT2D eigenvalue weighted by molar-refractivity contribution is -0.115. The van der Waals surface area contributed by atoms with Gasteiger partial charge in [0.2, 0.25) is 0 Å². The topological polar surface area (TPSA) is 46.5 Å². The van der Waals surface area contributed by atoms with E-state index in [1.165, 1.54) is 16.7 Å². The molecule has 1 fully saturated rings. The number of aliphatic hydroxyl groups is 1. The van der Waals surface area contributed by atoms with Gasteiger partial charge in [-0.3, -0.25) is 4.79 Å². The van der Waals surface area contributed by atoms with E-state index in [2.05, 4.69) is 32.9 Å². The normalized spacial score (nSPS) is 24.2. The Morgan fingerprint density at radius 3 is 2.32 bits per heavy atom. The summed E-state index contributed by atoms with van der Waals surface area (Å²) in [4.78, 5) is 13.0. The number of ether oxygens (including phenoxy) is 1. The summed E-state index contributed by atoms with van der Waals surface area (Å²) >= 11 is 0. The van der Waals surface area contributed by atoms with Crippen LogP contribution in [0.25, 0.3) is 5.57 Å². The number of carbonyl (C=O) groups is 1. The maximum atomic E-state index is 13.0. The van der Waals surface area contributed by atoms with Crippen molar-refractivity contribution in [1.29, 1.82) is 0 Å². The summed E-state index contributed by atoms with van der Waals surface area (Å²) < 4.78 is 5.46. The highest BCUT2D eigenvalue weighted by molar-refractivity contribution is 6.22. The lowest BCUT2D eigenvalue weighted by Crippen LogP contribution is -2.22. The maximum absolute atomic E-state index is 13.0. The van der Waals surface area contributed by atoms with Crippen molar-refractivity contribution >= 4 is 11.4 Å². The lowest BCUT2D eigenvalue weighted by Gasteiger charge is -2.27. The monoisotopic (exact) mass is 342 g/mol. The first kappa shape index (κ1) is 18.2. The molecule has 1 heterocycles. The van der Waals surface area contributed by atoms with Gasteiger partial charge >= 0.3 is 0 Å². The van der Waals surface area contributed by atoms with Crippen LogP contribution in [0.5, 0.6) is 0 Å².